The van der Waals surface area contributed by atoms with Gasteiger partial charge in [-0.25, -0.2) is 4.98 Å². The zero-order valence-corrected chi connectivity index (χ0v) is 15.8. The second-order valence-corrected chi connectivity index (χ2v) is 6.91. The molecule has 140 valence electrons. The predicted molar refractivity (Wildman–Crippen MR) is 102 cm³/mol. The van der Waals surface area contributed by atoms with Crippen LogP contribution in [0.15, 0.2) is 29.1 Å². The van der Waals surface area contributed by atoms with Crippen molar-refractivity contribution in [2.75, 3.05) is 26.2 Å². The molecule has 6 heteroatoms. The highest BCUT2D eigenvalue weighted by molar-refractivity contribution is 5.55. The van der Waals surface area contributed by atoms with Gasteiger partial charge >= 0.3 is 0 Å². The van der Waals surface area contributed by atoms with Gasteiger partial charge in [-0.1, -0.05) is 38.1 Å². The Morgan fingerprint density at radius 2 is 1.96 bits per heavy atom. The molecule has 1 N–H and O–H groups in total. The Kier molecular flexibility index (Phi) is 5.84. The molecule has 5 nitrogen and oxygen atoms in total. The van der Waals surface area contributed by atoms with E-state index in [-0.39, 0.29) is 5.69 Å². The van der Waals surface area contributed by atoms with Crippen LogP contribution in [-0.4, -0.2) is 52.0 Å². The summed E-state index contributed by atoms with van der Waals surface area (Å²) in [4.78, 5) is 23.2. The van der Waals surface area contributed by atoms with Gasteiger partial charge in [-0.15, -0.1) is 0 Å². The molecule has 0 radical (unpaired) electrons. The molecule has 0 aliphatic carbocycles. The highest BCUT2D eigenvalue weighted by atomic mass is 19.1. The first-order valence-electron chi connectivity index (χ1n) is 9.34. The molecule has 1 fully saturated rings. The van der Waals surface area contributed by atoms with E-state index in [1.807, 2.05) is 12.1 Å². The van der Waals surface area contributed by atoms with Crippen molar-refractivity contribution in [3.8, 4) is 11.4 Å². The van der Waals surface area contributed by atoms with Gasteiger partial charge in [0.25, 0.3) is 5.56 Å². The number of benzene rings is 1. The SMILES string of the molecule is CCN(CC)C1CCN(Cc2ccc(-c3nc(C)c(F)c(=O)[nH]3)cc2)C1. The first-order chi connectivity index (χ1) is 12.5. The lowest BCUT2D eigenvalue weighted by Crippen LogP contribution is -2.37. The van der Waals surface area contributed by atoms with Crippen LogP contribution in [0.4, 0.5) is 4.39 Å². The van der Waals surface area contributed by atoms with Crippen LogP contribution in [0, 0.1) is 12.7 Å². The number of hydrogen-bond donors (Lipinski definition) is 1. The molecule has 0 saturated carbocycles. The number of nitrogens with zero attached hydrogens (tertiary/aromatic N) is 3. The normalized spacial score (nSPS) is 18.0. The average molecular weight is 358 g/mol. The summed E-state index contributed by atoms with van der Waals surface area (Å²) in [6, 6.07) is 8.63. The molecule has 1 aliphatic rings. The van der Waals surface area contributed by atoms with Gasteiger partial charge in [0, 0.05) is 31.2 Å². The fourth-order valence-corrected chi connectivity index (χ4v) is 3.73. The van der Waals surface area contributed by atoms with E-state index in [9.17, 15) is 9.18 Å². The Morgan fingerprint density at radius 1 is 1.27 bits per heavy atom. The van der Waals surface area contributed by atoms with E-state index in [2.05, 4.69) is 45.7 Å². The number of halogens is 1. The Balaban J connectivity index is 1.66. The molecule has 26 heavy (non-hydrogen) atoms. The van der Waals surface area contributed by atoms with Crippen molar-refractivity contribution in [3.63, 3.8) is 0 Å². The largest absolute Gasteiger partial charge is 0.304 e. The molecule has 1 aromatic heterocycles. The van der Waals surface area contributed by atoms with Gasteiger partial charge in [0.1, 0.15) is 5.82 Å². The molecular weight excluding hydrogens is 331 g/mol. The quantitative estimate of drug-likeness (QED) is 0.863. The Hall–Kier alpha value is -2.05. The molecular formula is C20H27FN4O. The van der Waals surface area contributed by atoms with Gasteiger partial charge in [0.05, 0.1) is 5.69 Å². The number of likely N-dealkylation sites (N-methyl/N-ethyl adjacent to an activating group) is 1. The average Bonchev–Trinajstić information content (AvgIpc) is 3.09. The molecule has 1 aliphatic heterocycles. The number of rotatable bonds is 6. The van der Waals surface area contributed by atoms with E-state index in [0.717, 1.165) is 38.3 Å². The predicted octanol–water partition coefficient (Wildman–Crippen LogP) is 2.80. The minimum Gasteiger partial charge on any atom is -0.304 e. The van der Waals surface area contributed by atoms with Crippen molar-refractivity contribution < 1.29 is 4.39 Å². The van der Waals surface area contributed by atoms with Crippen LogP contribution in [0.25, 0.3) is 11.4 Å². The zero-order valence-electron chi connectivity index (χ0n) is 15.8. The molecule has 3 rings (SSSR count). The van der Waals surface area contributed by atoms with Gasteiger partial charge in [-0.2, -0.15) is 4.39 Å². The maximum absolute atomic E-state index is 13.4. The van der Waals surface area contributed by atoms with E-state index in [4.69, 9.17) is 0 Å². The second-order valence-electron chi connectivity index (χ2n) is 6.91. The van der Waals surface area contributed by atoms with Crippen LogP contribution >= 0.6 is 0 Å². The number of aromatic nitrogens is 2. The van der Waals surface area contributed by atoms with Crippen molar-refractivity contribution >= 4 is 0 Å². The maximum Gasteiger partial charge on any atom is 0.287 e. The number of aromatic amines is 1. The number of hydrogen-bond acceptors (Lipinski definition) is 4. The molecule has 0 bridgehead atoms. The highest BCUT2D eigenvalue weighted by Gasteiger charge is 2.25. The third kappa shape index (κ3) is 4.02. The molecule has 2 aromatic rings. The summed E-state index contributed by atoms with van der Waals surface area (Å²) in [5.41, 5.74) is 1.41. The molecule has 1 saturated heterocycles. The van der Waals surface area contributed by atoms with E-state index in [1.165, 1.54) is 18.9 Å². The van der Waals surface area contributed by atoms with Gasteiger partial charge in [0.2, 0.25) is 5.82 Å². The Labute approximate surface area is 153 Å². The zero-order chi connectivity index (χ0) is 18.7. The molecule has 1 unspecified atom stereocenters. The second kappa shape index (κ2) is 8.10. The maximum atomic E-state index is 13.4. The minimum absolute atomic E-state index is 0.118. The summed E-state index contributed by atoms with van der Waals surface area (Å²) >= 11 is 0. The summed E-state index contributed by atoms with van der Waals surface area (Å²) in [6.07, 6.45) is 1.22. The topological polar surface area (TPSA) is 52.2 Å². The van der Waals surface area contributed by atoms with Crippen molar-refractivity contribution in [2.45, 2.75) is 39.8 Å². The number of H-pyrrole nitrogens is 1. The fourth-order valence-electron chi connectivity index (χ4n) is 3.73. The summed E-state index contributed by atoms with van der Waals surface area (Å²) in [5.74, 6) is -0.412. The van der Waals surface area contributed by atoms with E-state index in [1.54, 1.807) is 0 Å². The standard InChI is InChI=1S/C20H27FN4O/c1-4-25(5-2)17-10-11-24(13-17)12-15-6-8-16(9-7-15)19-22-14(3)18(21)20(26)23-19/h6-9,17H,4-5,10-13H2,1-3H3,(H,22,23,26). The van der Waals surface area contributed by atoms with Crippen molar-refractivity contribution in [1.29, 1.82) is 0 Å². The summed E-state index contributed by atoms with van der Waals surface area (Å²) in [7, 11) is 0. The molecule has 1 aromatic carbocycles. The van der Waals surface area contributed by atoms with Crippen LogP contribution in [0.5, 0.6) is 0 Å². The monoisotopic (exact) mass is 358 g/mol. The van der Waals surface area contributed by atoms with Crippen molar-refractivity contribution in [3.05, 3.63) is 51.7 Å². The van der Waals surface area contributed by atoms with Crippen LogP contribution in [0.2, 0.25) is 0 Å². The lowest BCUT2D eigenvalue weighted by molar-refractivity contribution is 0.209. The summed E-state index contributed by atoms with van der Waals surface area (Å²) in [6.45, 7) is 11.3. The van der Waals surface area contributed by atoms with Crippen LogP contribution in [0.1, 0.15) is 31.5 Å². The number of nitrogens with one attached hydrogen (secondary N) is 1. The van der Waals surface area contributed by atoms with Gasteiger partial charge in [-0.05, 0) is 32.0 Å². The lowest BCUT2D eigenvalue weighted by atomic mass is 10.1. The molecule has 2 heterocycles. The van der Waals surface area contributed by atoms with Gasteiger partial charge in [0.15, 0.2) is 0 Å². The number of aryl methyl sites for hydroxylation is 1. The van der Waals surface area contributed by atoms with E-state index >= 15 is 0 Å². The van der Waals surface area contributed by atoms with E-state index < -0.39 is 11.4 Å². The molecule has 0 amide bonds. The van der Waals surface area contributed by atoms with E-state index in [0.29, 0.717) is 11.9 Å². The third-order valence-corrected chi connectivity index (χ3v) is 5.24. The summed E-state index contributed by atoms with van der Waals surface area (Å²) < 4.78 is 13.4. The Morgan fingerprint density at radius 3 is 2.58 bits per heavy atom. The minimum atomic E-state index is -0.817. The third-order valence-electron chi connectivity index (χ3n) is 5.24. The fraction of sp³-hybridized carbons (Fsp3) is 0.500. The van der Waals surface area contributed by atoms with Crippen LogP contribution < -0.4 is 5.56 Å². The summed E-state index contributed by atoms with van der Waals surface area (Å²) in [5, 5.41) is 0. The smallest absolute Gasteiger partial charge is 0.287 e. The van der Waals surface area contributed by atoms with Gasteiger partial charge in [-0.3, -0.25) is 14.6 Å². The molecule has 1 atom stereocenters. The Bertz CT molecular complexity index is 798. The molecule has 0 spiro atoms. The highest BCUT2D eigenvalue weighted by Crippen LogP contribution is 2.20. The lowest BCUT2D eigenvalue weighted by Gasteiger charge is -2.26. The first-order valence-corrected chi connectivity index (χ1v) is 9.34. The number of likely N-dealkylation sites (tertiary alicyclic amines) is 1. The van der Waals surface area contributed by atoms with Crippen LogP contribution in [0.3, 0.4) is 0 Å². The van der Waals surface area contributed by atoms with Crippen LogP contribution in [-0.2, 0) is 6.54 Å². The van der Waals surface area contributed by atoms with Crippen molar-refractivity contribution in [1.82, 2.24) is 19.8 Å². The van der Waals surface area contributed by atoms with Gasteiger partial charge < -0.3 is 4.98 Å². The first kappa shape index (κ1) is 18.7. The van der Waals surface area contributed by atoms with Crippen molar-refractivity contribution in [2.24, 2.45) is 0 Å².